The van der Waals surface area contributed by atoms with Gasteiger partial charge in [-0.2, -0.15) is 0 Å². The van der Waals surface area contributed by atoms with E-state index in [1.54, 1.807) is 24.5 Å². The van der Waals surface area contributed by atoms with Gasteiger partial charge in [0.2, 0.25) is 0 Å². The normalized spacial score (nSPS) is 11.2. The maximum atomic E-state index is 12.5. The van der Waals surface area contributed by atoms with E-state index in [1.165, 1.54) is 30.0 Å². The minimum Gasteiger partial charge on any atom is -0.322 e. The molecule has 1 N–H and O–H groups in total. The molecular weight excluding hydrogens is 406 g/mol. The van der Waals surface area contributed by atoms with Crippen LogP contribution in [0.5, 0.6) is 0 Å². The molecule has 2 heterocycles. The molecule has 0 aliphatic rings. The first-order chi connectivity index (χ1) is 12.8. The highest BCUT2D eigenvalue weighted by atomic mass is 35.5. The molecule has 0 aliphatic heterocycles. The molecule has 1 aromatic carbocycles. The summed E-state index contributed by atoms with van der Waals surface area (Å²) >= 11 is 7.28. The highest BCUT2D eigenvalue weighted by Gasteiger charge is 2.16. The minimum absolute atomic E-state index is 0.0759. The fourth-order valence-electron chi connectivity index (χ4n) is 2.19. The summed E-state index contributed by atoms with van der Waals surface area (Å²) in [6.45, 7) is 0. The van der Waals surface area contributed by atoms with Crippen LogP contribution in [0.4, 0.5) is 5.69 Å². The monoisotopic (exact) mass is 419 g/mol. The standard InChI is InChI=1S/C18H14ClN3O3S2/c1-27(24,25)15-10-12(5-6-14(15)19)18(23)22-13-7-9-21-17(11-13)26-16-4-2-3-8-20-16/h2-11H,1H3,(H,21,22,23). The Morgan fingerprint density at radius 2 is 1.81 bits per heavy atom. The Kier molecular flexibility index (Phi) is 5.79. The van der Waals surface area contributed by atoms with Crippen molar-refractivity contribution in [3.63, 3.8) is 0 Å². The number of carbonyl (C=O) groups is 1. The zero-order chi connectivity index (χ0) is 19.4. The van der Waals surface area contributed by atoms with E-state index in [-0.39, 0.29) is 15.5 Å². The topological polar surface area (TPSA) is 89.0 Å². The number of nitrogens with one attached hydrogen (secondary N) is 1. The van der Waals surface area contributed by atoms with E-state index in [9.17, 15) is 13.2 Å². The van der Waals surface area contributed by atoms with Crippen molar-refractivity contribution in [2.24, 2.45) is 0 Å². The Labute approximate surface area is 165 Å². The smallest absolute Gasteiger partial charge is 0.255 e. The van der Waals surface area contributed by atoms with Gasteiger partial charge in [-0.05, 0) is 42.5 Å². The molecule has 0 unspecified atom stereocenters. The lowest BCUT2D eigenvalue weighted by molar-refractivity contribution is 0.102. The average molecular weight is 420 g/mol. The molecule has 3 aromatic rings. The van der Waals surface area contributed by atoms with Crippen LogP contribution in [0, 0.1) is 0 Å². The zero-order valence-electron chi connectivity index (χ0n) is 14.1. The van der Waals surface area contributed by atoms with Crippen LogP contribution in [-0.4, -0.2) is 30.5 Å². The van der Waals surface area contributed by atoms with E-state index in [1.807, 2.05) is 18.2 Å². The van der Waals surface area contributed by atoms with Crippen molar-refractivity contribution >= 4 is 44.8 Å². The van der Waals surface area contributed by atoms with Crippen molar-refractivity contribution in [1.82, 2.24) is 9.97 Å². The predicted octanol–water partition coefficient (Wildman–Crippen LogP) is 3.94. The molecule has 0 saturated heterocycles. The summed E-state index contributed by atoms with van der Waals surface area (Å²) in [5, 5.41) is 4.26. The van der Waals surface area contributed by atoms with E-state index < -0.39 is 15.7 Å². The lowest BCUT2D eigenvalue weighted by Crippen LogP contribution is -2.13. The van der Waals surface area contributed by atoms with Crippen LogP contribution in [0.15, 0.2) is 75.9 Å². The number of pyridine rings is 2. The number of hydrogen-bond acceptors (Lipinski definition) is 6. The fourth-order valence-corrected chi connectivity index (χ4v) is 4.26. The van der Waals surface area contributed by atoms with Gasteiger partial charge in [0, 0.05) is 29.9 Å². The number of nitrogens with zero attached hydrogens (tertiary/aromatic N) is 2. The van der Waals surface area contributed by atoms with E-state index in [2.05, 4.69) is 15.3 Å². The summed E-state index contributed by atoms with van der Waals surface area (Å²) in [6, 6.07) is 13.0. The molecule has 0 bridgehead atoms. The number of hydrogen-bond donors (Lipinski definition) is 1. The van der Waals surface area contributed by atoms with Crippen molar-refractivity contribution in [2.75, 3.05) is 11.6 Å². The van der Waals surface area contributed by atoms with Gasteiger partial charge in [-0.3, -0.25) is 4.79 Å². The summed E-state index contributed by atoms with van der Waals surface area (Å²) in [7, 11) is -3.54. The number of rotatable bonds is 5. The van der Waals surface area contributed by atoms with Gasteiger partial charge in [0.05, 0.1) is 9.92 Å². The molecule has 0 radical (unpaired) electrons. The second-order valence-electron chi connectivity index (χ2n) is 5.52. The molecule has 0 saturated carbocycles. The Balaban J connectivity index is 1.80. The first-order valence-corrected chi connectivity index (χ1v) is 10.8. The van der Waals surface area contributed by atoms with Gasteiger partial charge in [0.1, 0.15) is 10.1 Å². The zero-order valence-corrected chi connectivity index (χ0v) is 16.5. The summed E-state index contributed by atoms with van der Waals surface area (Å²) in [6.07, 6.45) is 4.30. The molecule has 1 amide bonds. The van der Waals surface area contributed by atoms with E-state index >= 15 is 0 Å². The van der Waals surface area contributed by atoms with Gasteiger partial charge in [0.15, 0.2) is 9.84 Å². The second-order valence-corrected chi connectivity index (χ2v) is 8.96. The summed E-state index contributed by atoms with van der Waals surface area (Å²) in [5.41, 5.74) is 0.722. The molecule has 6 nitrogen and oxygen atoms in total. The van der Waals surface area contributed by atoms with Crippen LogP contribution in [-0.2, 0) is 9.84 Å². The Bertz CT molecular complexity index is 1090. The van der Waals surface area contributed by atoms with Gasteiger partial charge in [-0.15, -0.1) is 0 Å². The third-order valence-electron chi connectivity index (χ3n) is 3.43. The highest BCUT2D eigenvalue weighted by Crippen LogP contribution is 2.26. The molecule has 27 heavy (non-hydrogen) atoms. The third-order valence-corrected chi connectivity index (χ3v) is 5.89. The van der Waals surface area contributed by atoms with E-state index in [4.69, 9.17) is 11.6 Å². The molecular formula is C18H14ClN3O3S2. The molecule has 138 valence electrons. The number of benzene rings is 1. The number of halogens is 1. The highest BCUT2D eigenvalue weighted by molar-refractivity contribution is 7.99. The second kappa shape index (κ2) is 8.08. The molecule has 9 heteroatoms. The molecule has 0 spiro atoms. The van der Waals surface area contributed by atoms with Gasteiger partial charge in [-0.1, -0.05) is 29.4 Å². The Hall–Kier alpha value is -2.42. The number of aromatic nitrogens is 2. The summed E-state index contributed by atoms with van der Waals surface area (Å²) < 4.78 is 23.5. The molecule has 0 aliphatic carbocycles. The lowest BCUT2D eigenvalue weighted by atomic mass is 10.2. The maximum Gasteiger partial charge on any atom is 0.255 e. The van der Waals surface area contributed by atoms with Gasteiger partial charge in [-0.25, -0.2) is 18.4 Å². The number of amides is 1. The van der Waals surface area contributed by atoms with Crippen LogP contribution in [0.2, 0.25) is 5.02 Å². The van der Waals surface area contributed by atoms with E-state index in [0.717, 1.165) is 11.3 Å². The predicted molar refractivity (Wildman–Crippen MR) is 105 cm³/mol. The van der Waals surface area contributed by atoms with Crippen LogP contribution in [0.25, 0.3) is 0 Å². The van der Waals surface area contributed by atoms with Gasteiger partial charge < -0.3 is 5.32 Å². The minimum atomic E-state index is -3.54. The fraction of sp³-hybridized carbons (Fsp3) is 0.0556. The summed E-state index contributed by atoms with van der Waals surface area (Å²) in [5.74, 6) is -0.448. The molecule has 0 fully saturated rings. The van der Waals surface area contributed by atoms with Crippen molar-refractivity contribution in [2.45, 2.75) is 14.9 Å². The molecule has 0 atom stereocenters. The number of sulfone groups is 1. The summed E-state index contributed by atoms with van der Waals surface area (Å²) in [4.78, 5) is 20.9. The largest absolute Gasteiger partial charge is 0.322 e. The maximum absolute atomic E-state index is 12.5. The third kappa shape index (κ3) is 5.06. The Morgan fingerprint density at radius 1 is 1.04 bits per heavy atom. The molecule has 2 aromatic heterocycles. The van der Waals surface area contributed by atoms with Crippen molar-refractivity contribution < 1.29 is 13.2 Å². The number of carbonyl (C=O) groups excluding carboxylic acids is 1. The van der Waals surface area contributed by atoms with Crippen LogP contribution >= 0.6 is 23.4 Å². The SMILES string of the molecule is CS(=O)(=O)c1cc(C(=O)Nc2ccnc(Sc3ccccn3)c2)ccc1Cl. The Morgan fingerprint density at radius 3 is 2.52 bits per heavy atom. The van der Waals surface area contributed by atoms with Gasteiger partial charge >= 0.3 is 0 Å². The van der Waals surface area contributed by atoms with Crippen LogP contribution in [0.1, 0.15) is 10.4 Å². The first kappa shape index (κ1) is 19.3. The van der Waals surface area contributed by atoms with Crippen molar-refractivity contribution in [1.29, 1.82) is 0 Å². The first-order valence-electron chi connectivity index (χ1n) is 7.69. The van der Waals surface area contributed by atoms with Gasteiger partial charge in [0.25, 0.3) is 5.91 Å². The van der Waals surface area contributed by atoms with Crippen LogP contribution < -0.4 is 5.32 Å². The van der Waals surface area contributed by atoms with Crippen LogP contribution in [0.3, 0.4) is 0 Å². The molecule has 3 rings (SSSR count). The lowest BCUT2D eigenvalue weighted by Gasteiger charge is -2.08. The average Bonchev–Trinajstić information content (AvgIpc) is 2.62. The van der Waals surface area contributed by atoms with Crippen molar-refractivity contribution in [3.05, 3.63) is 71.5 Å². The number of anilines is 1. The van der Waals surface area contributed by atoms with Crippen molar-refractivity contribution in [3.8, 4) is 0 Å². The quantitative estimate of drug-likeness (QED) is 0.673. The van der Waals surface area contributed by atoms with E-state index in [0.29, 0.717) is 10.7 Å².